The number of aliphatic hydroxyl groups is 1. The molecule has 2 rings (SSSR count). The van der Waals surface area contributed by atoms with Gasteiger partial charge in [-0.1, -0.05) is 18.6 Å². The van der Waals surface area contributed by atoms with E-state index in [9.17, 15) is 5.11 Å². The third-order valence-corrected chi connectivity index (χ3v) is 4.15. The number of nitrogens with zero attached hydrogens (tertiary/aromatic N) is 1. The number of rotatable bonds is 5. The fraction of sp³-hybridized carbons (Fsp3) is 0.625. The molecule has 4 nitrogen and oxygen atoms in total. The molecule has 0 bridgehead atoms. The lowest BCUT2D eigenvalue weighted by Crippen LogP contribution is -2.48. The Morgan fingerprint density at radius 2 is 1.95 bits per heavy atom. The van der Waals surface area contributed by atoms with Crippen LogP contribution in [0.15, 0.2) is 24.3 Å². The van der Waals surface area contributed by atoms with Crippen molar-refractivity contribution in [3.05, 3.63) is 24.3 Å². The number of aliphatic hydroxyl groups excluding tert-OH is 1. The van der Waals surface area contributed by atoms with Gasteiger partial charge in [-0.25, -0.2) is 0 Å². The van der Waals surface area contributed by atoms with Crippen molar-refractivity contribution < 1.29 is 9.84 Å². The van der Waals surface area contributed by atoms with Gasteiger partial charge in [-0.3, -0.25) is 4.90 Å². The van der Waals surface area contributed by atoms with Crippen LogP contribution in [0.4, 0.5) is 5.69 Å². The Morgan fingerprint density at radius 3 is 2.60 bits per heavy atom. The maximum Gasteiger partial charge on any atom is 0.142 e. The summed E-state index contributed by atoms with van der Waals surface area (Å²) >= 11 is 0. The zero-order valence-electron chi connectivity index (χ0n) is 12.5. The smallest absolute Gasteiger partial charge is 0.142 e. The molecule has 1 saturated heterocycles. The topological polar surface area (TPSA) is 58.7 Å². The van der Waals surface area contributed by atoms with E-state index in [0.717, 1.165) is 0 Å². The van der Waals surface area contributed by atoms with Gasteiger partial charge in [0.25, 0.3) is 0 Å². The van der Waals surface area contributed by atoms with Gasteiger partial charge in [-0.15, -0.1) is 0 Å². The molecule has 1 aromatic carbocycles. The van der Waals surface area contributed by atoms with E-state index in [1.54, 1.807) is 6.07 Å². The monoisotopic (exact) mass is 278 g/mol. The Kier molecular flexibility index (Phi) is 5.26. The standard InChI is InChI=1S/C16H26N2O2/c1-12-6-5-7-13(2)18(12)10-14(19)11-20-16-9-4-3-8-15(16)17/h3-4,8-9,12-14,19H,5-7,10-11,17H2,1-2H3. The van der Waals surface area contributed by atoms with E-state index in [1.165, 1.54) is 19.3 Å². The number of piperidine rings is 1. The molecule has 1 aliphatic rings. The molecule has 4 heteroatoms. The maximum absolute atomic E-state index is 10.2. The number of nitrogen functional groups attached to an aromatic ring is 1. The first kappa shape index (κ1) is 15.1. The number of hydrogen-bond donors (Lipinski definition) is 2. The first-order valence-electron chi connectivity index (χ1n) is 7.49. The van der Waals surface area contributed by atoms with Crippen LogP contribution in [0.25, 0.3) is 0 Å². The van der Waals surface area contributed by atoms with Gasteiger partial charge < -0.3 is 15.6 Å². The molecular formula is C16H26N2O2. The van der Waals surface area contributed by atoms with Gasteiger partial charge >= 0.3 is 0 Å². The minimum Gasteiger partial charge on any atom is -0.489 e. The minimum absolute atomic E-state index is 0.282. The summed E-state index contributed by atoms with van der Waals surface area (Å²) in [5.74, 6) is 0.645. The van der Waals surface area contributed by atoms with Crippen molar-refractivity contribution in [2.24, 2.45) is 0 Å². The summed E-state index contributed by atoms with van der Waals surface area (Å²) in [4.78, 5) is 2.38. The van der Waals surface area contributed by atoms with Crippen molar-refractivity contribution in [1.82, 2.24) is 4.90 Å². The molecule has 0 radical (unpaired) electrons. The molecule has 0 saturated carbocycles. The van der Waals surface area contributed by atoms with Gasteiger partial charge in [0.15, 0.2) is 0 Å². The molecule has 3 N–H and O–H groups in total. The lowest BCUT2D eigenvalue weighted by molar-refractivity contribution is 0.0210. The fourth-order valence-electron chi connectivity index (χ4n) is 2.93. The second kappa shape index (κ2) is 6.95. The van der Waals surface area contributed by atoms with Crippen molar-refractivity contribution in [1.29, 1.82) is 0 Å². The zero-order chi connectivity index (χ0) is 14.5. The fourth-order valence-corrected chi connectivity index (χ4v) is 2.93. The van der Waals surface area contributed by atoms with Crippen molar-refractivity contribution >= 4 is 5.69 Å². The predicted octanol–water partition coefficient (Wildman–Crippen LogP) is 2.27. The van der Waals surface area contributed by atoms with Crippen LogP contribution < -0.4 is 10.5 Å². The molecule has 0 aromatic heterocycles. The average Bonchev–Trinajstić information content (AvgIpc) is 2.42. The quantitative estimate of drug-likeness (QED) is 0.811. The molecule has 1 fully saturated rings. The molecule has 1 aliphatic heterocycles. The molecule has 1 aromatic rings. The Morgan fingerprint density at radius 1 is 1.30 bits per heavy atom. The van der Waals surface area contributed by atoms with Gasteiger partial charge in [0, 0.05) is 18.6 Å². The SMILES string of the molecule is CC1CCCC(C)N1CC(O)COc1ccccc1N. The zero-order valence-corrected chi connectivity index (χ0v) is 12.5. The molecule has 0 aliphatic carbocycles. The summed E-state index contributed by atoms with van der Waals surface area (Å²) in [5, 5.41) is 10.2. The van der Waals surface area contributed by atoms with Gasteiger partial charge in [0.05, 0.1) is 5.69 Å². The number of anilines is 1. The predicted molar refractivity (Wildman–Crippen MR) is 81.8 cm³/mol. The number of likely N-dealkylation sites (tertiary alicyclic amines) is 1. The molecule has 0 spiro atoms. The summed E-state index contributed by atoms with van der Waals surface area (Å²) in [6.07, 6.45) is 3.22. The Hall–Kier alpha value is -1.26. The molecule has 3 unspecified atom stereocenters. The van der Waals surface area contributed by atoms with E-state index in [2.05, 4.69) is 18.7 Å². The van der Waals surface area contributed by atoms with E-state index in [4.69, 9.17) is 10.5 Å². The van der Waals surface area contributed by atoms with Gasteiger partial charge in [-0.05, 0) is 38.8 Å². The second-order valence-electron chi connectivity index (χ2n) is 5.83. The van der Waals surface area contributed by atoms with Crippen molar-refractivity contribution in [3.63, 3.8) is 0 Å². The van der Waals surface area contributed by atoms with E-state index >= 15 is 0 Å². The van der Waals surface area contributed by atoms with Crippen LogP contribution in [0.1, 0.15) is 33.1 Å². The van der Waals surface area contributed by atoms with E-state index < -0.39 is 6.10 Å². The third kappa shape index (κ3) is 3.87. The number of β-amino-alcohol motifs (C(OH)–C–C–N with tert-alkyl or cyclic N) is 1. The van der Waals surface area contributed by atoms with Crippen LogP contribution in [0.2, 0.25) is 0 Å². The first-order chi connectivity index (χ1) is 9.58. The Balaban J connectivity index is 1.83. The minimum atomic E-state index is -0.488. The van der Waals surface area contributed by atoms with Crippen molar-refractivity contribution in [2.45, 2.75) is 51.3 Å². The first-order valence-corrected chi connectivity index (χ1v) is 7.49. The third-order valence-electron chi connectivity index (χ3n) is 4.15. The highest BCUT2D eigenvalue weighted by Crippen LogP contribution is 2.23. The van der Waals surface area contributed by atoms with Crippen LogP contribution in [0, 0.1) is 0 Å². The highest BCUT2D eigenvalue weighted by atomic mass is 16.5. The number of ether oxygens (including phenoxy) is 1. The summed E-state index contributed by atoms with van der Waals surface area (Å²) in [6.45, 7) is 5.41. The van der Waals surface area contributed by atoms with E-state index in [-0.39, 0.29) is 6.61 Å². The van der Waals surface area contributed by atoms with Crippen molar-refractivity contribution in [2.75, 3.05) is 18.9 Å². The van der Waals surface area contributed by atoms with Gasteiger partial charge in [-0.2, -0.15) is 0 Å². The van der Waals surface area contributed by atoms with Crippen LogP contribution in [-0.4, -0.2) is 41.3 Å². The molecular weight excluding hydrogens is 252 g/mol. The van der Waals surface area contributed by atoms with Gasteiger partial charge in [0.1, 0.15) is 18.5 Å². The summed E-state index contributed by atoms with van der Waals surface area (Å²) in [7, 11) is 0. The molecule has 112 valence electrons. The summed E-state index contributed by atoms with van der Waals surface area (Å²) in [6, 6.07) is 8.46. The van der Waals surface area contributed by atoms with Crippen LogP contribution >= 0.6 is 0 Å². The van der Waals surface area contributed by atoms with Crippen LogP contribution in [0.3, 0.4) is 0 Å². The van der Waals surface area contributed by atoms with E-state index in [0.29, 0.717) is 30.1 Å². The average molecular weight is 278 g/mol. The Labute approximate surface area is 121 Å². The Bertz CT molecular complexity index is 415. The molecule has 1 heterocycles. The van der Waals surface area contributed by atoms with E-state index in [1.807, 2.05) is 18.2 Å². The largest absolute Gasteiger partial charge is 0.489 e. The van der Waals surface area contributed by atoms with Crippen LogP contribution in [-0.2, 0) is 0 Å². The van der Waals surface area contributed by atoms with Gasteiger partial charge in [0.2, 0.25) is 0 Å². The normalized spacial score (nSPS) is 25.4. The lowest BCUT2D eigenvalue weighted by atomic mass is 9.97. The van der Waals surface area contributed by atoms with Crippen molar-refractivity contribution in [3.8, 4) is 5.75 Å². The molecule has 20 heavy (non-hydrogen) atoms. The highest BCUT2D eigenvalue weighted by molar-refractivity contribution is 5.51. The number of benzene rings is 1. The second-order valence-corrected chi connectivity index (χ2v) is 5.83. The highest BCUT2D eigenvalue weighted by Gasteiger charge is 2.26. The number of para-hydroxylation sites is 2. The maximum atomic E-state index is 10.2. The van der Waals surface area contributed by atoms with Crippen LogP contribution in [0.5, 0.6) is 5.75 Å². The number of nitrogens with two attached hydrogens (primary N) is 1. The lowest BCUT2D eigenvalue weighted by Gasteiger charge is -2.40. The molecule has 3 atom stereocenters. The summed E-state index contributed by atoms with van der Waals surface area (Å²) < 4.78 is 5.61. The summed E-state index contributed by atoms with van der Waals surface area (Å²) in [5.41, 5.74) is 6.43. The molecule has 0 amide bonds. The number of hydrogen-bond acceptors (Lipinski definition) is 4.